The van der Waals surface area contributed by atoms with E-state index < -0.39 is 11.5 Å². The molecule has 31 heavy (non-hydrogen) atoms. The van der Waals surface area contributed by atoms with Gasteiger partial charge in [0.05, 0.1) is 5.69 Å². The van der Waals surface area contributed by atoms with Crippen LogP contribution in [0.15, 0.2) is 29.1 Å². The zero-order valence-electron chi connectivity index (χ0n) is 17.4. The Kier molecular flexibility index (Phi) is 6.34. The van der Waals surface area contributed by atoms with Crippen LogP contribution in [0.3, 0.4) is 0 Å². The van der Waals surface area contributed by atoms with Crippen molar-refractivity contribution in [2.45, 2.75) is 57.2 Å². The number of anilines is 1. The fraction of sp³-hybridized carbons (Fsp3) is 0.429. The number of amidine groups is 1. The van der Waals surface area contributed by atoms with Gasteiger partial charge in [0.2, 0.25) is 5.91 Å². The van der Waals surface area contributed by atoms with Crippen LogP contribution in [0, 0.1) is 5.41 Å². The first-order valence-electron chi connectivity index (χ1n) is 9.97. The van der Waals surface area contributed by atoms with E-state index in [9.17, 15) is 9.59 Å². The minimum absolute atomic E-state index is 0. The van der Waals surface area contributed by atoms with Crippen molar-refractivity contribution in [3.8, 4) is 0 Å². The van der Waals surface area contributed by atoms with Gasteiger partial charge < -0.3 is 16.4 Å². The molecule has 4 rings (SSSR count). The molecular weight excluding hydrogens is 439 g/mol. The predicted octanol–water partition coefficient (Wildman–Crippen LogP) is 2.72. The van der Waals surface area contributed by atoms with Gasteiger partial charge in [0.1, 0.15) is 11.9 Å². The highest BCUT2D eigenvalue weighted by molar-refractivity contribution is 6.30. The van der Waals surface area contributed by atoms with Crippen LogP contribution < -0.4 is 21.9 Å². The van der Waals surface area contributed by atoms with Gasteiger partial charge in [0.25, 0.3) is 5.56 Å². The van der Waals surface area contributed by atoms with Gasteiger partial charge in [-0.1, -0.05) is 49.7 Å². The van der Waals surface area contributed by atoms with E-state index in [0.29, 0.717) is 24.2 Å². The molecule has 0 unspecified atom stereocenters. The van der Waals surface area contributed by atoms with Gasteiger partial charge in [-0.3, -0.25) is 19.6 Å². The van der Waals surface area contributed by atoms with E-state index in [2.05, 4.69) is 15.6 Å². The molecule has 1 saturated carbocycles. The highest BCUT2D eigenvalue weighted by atomic mass is 35.5. The number of nitrogens with one attached hydrogen (secondary N) is 3. The number of carbonyl (C=O) groups is 1. The number of nitrogens with two attached hydrogens (primary N) is 1. The van der Waals surface area contributed by atoms with Gasteiger partial charge in [-0.25, -0.2) is 4.98 Å². The Hall–Kier alpha value is -2.58. The van der Waals surface area contributed by atoms with Crippen LogP contribution >= 0.6 is 24.0 Å². The molecule has 10 heteroatoms. The fourth-order valence-corrected chi connectivity index (χ4v) is 4.35. The Morgan fingerprint density at radius 2 is 1.97 bits per heavy atom. The van der Waals surface area contributed by atoms with E-state index in [1.807, 2.05) is 26.0 Å². The van der Waals surface area contributed by atoms with Gasteiger partial charge in [-0.15, -0.1) is 12.4 Å². The highest BCUT2D eigenvalue weighted by Gasteiger charge is 2.44. The number of hydrogen-bond acceptors (Lipinski definition) is 5. The van der Waals surface area contributed by atoms with Crippen LogP contribution in [0.25, 0.3) is 0 Å². The van der Waals surface area contributed by atoms with Crippen LogP contribution in [-0.2, 0) is 16.8 Å². The van der Waals surface area contributed by atoms with Crippen molar-refractivity contribution in [2.24, 2.45) is 5.73 Å². The summed E-state index contributed by atoms with van der Waals surface area (Å²) >= 11 is 6.45. The Morgan fingerprint density at radius 3 is 2.55 bits per heavy atom. The van der Waals surface area contributed by atoms with Crippen LogP contribution in [0.5, 0.6) is 0 Å². The molecule has 1 fully saturated rings. The summed E-state index contributed by atoms with van der Waals surface area (Å²) in [6.45, 7) is 4.24. The van der Waals surface area contributed by atoms with Crippen LogP contribution in [0.4, 0.5) is 5.82 Å². The monoisotopic (exact) mass is 464 g/mol. The molecule has 1 aliphatic carbocycles. The number of rotatable bonds is 6. The molecule has 8 nitrogen and oxygen atoms in total. The summed E-state index contributed by atoms with van der Waals surface area (Å²) in [5.74, 6) is -0.0309. The van der Waals surface area contributed by atoms with E-state index in [-0.39, 0.29) is 46.7 Å². The molecule has 1 aromatic carbocycles. The molecule has 166 valence electrons. The van der Waals surface area contributed by atoms with E-state index in [1.165, 1.54) is 4.57 Å². The molecule has 0 saturated heterocycles. The maximum atomic E-state index is 13.1. The van der Waals surface area contributed by atoms with Crippen molar-refractivity contribution >= 4 is 41.6 Å². The third-order valence-electron chi connectivity index (χ3n) is 5.68. The average Bonchev–Trinajstić information content (AvgIpc) is 3.45. The summed E-state index contributed by atoms with van der Waals surface area (Å²) in [5, 5.41) is 13.8. The first-order valence-corrected chi connectivity index (χ1v) is 10.4. The SMILES string of the molecule is CC1(C)C[C@@H](C(=O)NCc2ccc(C(=N)N)cc2)n2c1c(Cl)nc(NC1CC1)c2=O.Cl. The maximum absolute atomic E-state index is 13.1. The number of halogens is 2. The van der Waals surface area contributed by atoms with Crippen molar-refractivity contribution in [3.63, 3.8) is 0 Å². The summed E-state index contributed by atoms with van der Waals surface area (Å²) in [6.07, 6.45) is 2.46. The second-order valence-corrected chi connectivity index (χ2v) is 8.98. The molecule has 2 aliphatic rings. The third kappa shape index (κ3) is 4.55. The quantitative estimate of drug-likeness (QED) is 0.386. The summed E-state index contributed by atoms with van der Waals surface area (Å²) in [5.41, 5.74) is 6.81. The summed E-state index contributed by atoms with van der Waals surface area (Å²) < 4.78 is 1.51. The summed E-state index contributed by atoms with van der Waals surface area (Å²) in [4.78, 5) is 30.5. The fourth-order valence-electron chi connectivity index (χ4n) is 3.92. The third-order valence-corrected chi connectivity index (χ3v) is 5.94. The topological polar surface area (TPSA) is 126 Å². The highest BCUT2D eigenvalue weighted by Crippen LogP contribution is 2.43. The molecule has 1 atom stereocenters. The van der Waals surface area contributed by atoms with Gasteiger partial charge in [-0.2, -0.15) is 0 Å². The predicted molar refractivity (Wildman–Crippen MR) is 123 cm³/mol. The maximum Gasteiger partial charge on any atom is 0.294 e. The average molecular weight is 465 g/mol. The second-order valence-electron chi connectivity index (χ2n) is 8.63. The van der Waals surface area contributed by atoms with Crippen molar-refractivity contribution in [3.05, 3.63) is 56.6 Å². The summed E-state index contributed by atoms with van der Waals surface area (Å²) in [7, 11) is 0. The number of carbonyl (C=O) groups excluding carboxylic acids is 1. The van der Waals surface area contributed by atoms with Crippen LogP contribution in [-0.4, -0.2) is 27.3 Å². The van der Waals surface area contributed by atoms with Crippen molar-refractivity contribution in [2.75, 3.05) is 5.32 Å². The zero-order valence-corrected chi connectivity index (χ0v) is 18.9. The van der Waals surface area contributed by atoms with E-state index in [4.69, 9.17) is 22.7 Å². The number of nitrogen functional groups attached to an aromatic ring is 1. The Labute approximate surface area is 191 Å². The molecule has 1 aliphatic heterocycles. The minimum atomic E-state index is -0.653. The second kappa shape index (κ2) is 8.51. The molecule has 1 aromatic heterocycles. The number of hydrogen-bond donors (Lipinski definition) is 4. The smallest absolute Gasteiger partial charge is 0.294 e. The lowest BCUT2D eigenvalue weighted by Gasteiger charge is -2.19. The minimum Gasteiger partial charge on any atom is -0.384 e. The first kappa shape index (κ1) is 23.1. The lowest BCUT2D eigenvalue weighted by molar-refractivity contribution is -0.124. The summed E-state index contributed by atoms with van der Waals surface area (Å²) in [6, 6.07) is 6.70. The molecule has 0 spiro atoms. The number of aromatic nitrogens is 2. The number of benzene rings is 1. The molecule has 2 heterocycles. The van der Waals surface area contributed by atoms with Crippen LogP contribution in [0.2, 0.25) is 5.15 Å². The molecule has 0 bridgehead atoms. The molecule has 1 amide bonds. The standard InChI is InChI=1S/C21H25ClN6O2.ClH/c1-21(2)9-14(19(29)25-10-11-3-5-12(6-4-11)17(23)24)28-15(21)16(22)27-18(20(28)30)26-13-7-8-13;/h3-6,13-14H,7-10H2,1-2H3,(H3,23,24)(H,25,29)(H,26,27);1H/t14-;/m0./s1. The van der Waals surface area contributed by atoms with Gasteiger partial charge in [0.15, 0.2) is 11.0 Å². The molecule has 0 radical (unpaired) electrons. The van der Waals surface area contributed by atoms with Crippen LogP contribution in [0.1, 0.15) is 56.0 Å². The van der Waals surface area contributed by atoms with Gasteiger partial charge >= 0.3 is 0 Å². The number of amides is 1. The number of nitrogens with zero attached hydrogens (tertiary/aromatic N) is 2. The van der Waals surface area contributed by atoms with Gasteiger partial charge in [-0.05, 0) is 24.8 Å². The Bertz CT molecular complexity index is 1080. The first-order chi connectivity index (χ1) is 14.2. The van der Waals surface area contributed by atoms with E-state index >= 15 is 0 Å². The van der Waals surface area contributed by atoms with Gasteiger partial charge in [0, 0.05) is 23.6 Å². The largest absolute Gasteiger partial charge is 0.384 e. The zero-order chi connectivity index (χ0) is 21.6. The molecule has 2 aromatic rings. The lowest BCUT2D eigenvalue weighted by atomic mass is 9.87. The lowest BCUT2D eigenvalue weighted by Crippen LogP contribution is -2.36. The van der Waals surface area contributed by atoms with Crippen molar-refractivity contribution in [1.82, 2.24) is 14.9 Å². The normalized spacial score (nSPS) is 18.6. The number of fused-ring (bicyclic) bond motifs is 1. The van der Waals surface area contributed by atoms with Crippen molar-refractivity contribution in [1.29, 1.82) is 5.41 Å². The molecular formula is C21H26Cl2N6O2. The van der Waals surface area contributed by atoms with E-state index in [0.717, 1.165) is 18.4 Å². The Morgan fingerprint density at radius 1 is 1.32 bits per heavy atom. The van der Waals surface area contributed by atoms with E-state index in [1.54, 1.807) is 12.1 Å². The Balaban J connectivity index is 0.00000272. The molecule has 5 N–H and O–H groups in total. The van der Waals surface area contributed by atoms with Crippen molar-refractivity contribution < 1.29 is 4.79 Å².